The van der Waals surface area contributed by atoms with Gasteiger partial charge in [0.05, 0.1) is 0 Å². The molecular weight excluding hydrogens is 342 g/mol. The molecule has 2 rings (SSSR count). The number of nitrogens with one attached hydrogen (secondary N) is 1. The molecule has 0 aliphatic carbocycles. The van der Waals surface area contributed by atoms with Crippen LogP contribution < -0.4 is 5.32 Å². The first-order chi connectivity index (χ1) is 11.5. The van der Waals surface area contributed by atoms with E-state index in [-0.39, 0.29) is 11.5 Å². The molecule has 0 saturated carbocycles. The van der Waals surface area contributed by atoms with Crippen molar-refractivity contribution in [3.63, 3.8) is 0 Å². The fourth-order valence-electron chi connectivity index (χ4n) is 2.18. The molecule has 1 heterocycles. The fourth-order valence-corrected chi connectivity index (χ4v) is 3.60. The third kappa shape index (κ3) is 3.96. The van der Waals surface area contributed by atoms with Gasteiger partial charge in [0, 0.05) is 16.5 Å². The van der Waals surface area contributed by atoms with Crippen LogP contribution in [-0.2, 0) is 4.79 Å². The molecule has 1 aromatic heterocycles. The first-order valence-electron chi connectivity index (χ1n) is 7.06. The fraction of sp³-hybridized carbons (Fsp3) is 0.111. The molecule has 2 N–H and O–H groups in total. The maximum atomic E-state index is 12.3. The average Bonchev–Trinajstić information content (AvgIpc) is 2.96. The number of anilines is 1. The van der Waals surface area contributed by atoms with Gasteiger partial charge in [0.1, 0.15) is 10.6 Å². The van der Waals surface area contributed by atoms with E-state index in [1.165, 1.54) is 29.2 Å². The second-order valence-electron chi connectivity index (χ2n) is 5.00. The van der Waals surface area contributed by atoms with Crippen LogP contribution in [0.2, 0.25) is 0 Å². The summed E-state index contributed by atoms with van der Waals surface area (Å²) in [5, 5.41) is 16.0. The Balaban J connectivity index is 2.43. The smallest absolute Gasteiger partial charge is 0.339 e. The van der Waals surface area contributed by atoms with E-state index in [0.717, 1.165) is 11.1 Å². The largest absolute Gasteiger partial charge is 0.478 e. The molecule has 2 aromatic rings. The highest BCUT2D eigenvalue weighted by atomic mass is 32.2. The van der Waals surface area contributed by atoms with Crippen LogP contribution in [0.15, 0.2) is 53.3 Å². The molecule has 4 nitrogen and oxygen atoms in total. The third-order valence-corrected chi connectivity index (χ3v) is 4.67. The lowest BCUT2D eigenvalue weighted by molar-refractivity contribution is -0.112. The van der Waals surface area contributed by atoms with Crippen LogP contribution in [0.4, 0.5) is 5.00 Å². The summed E-state index contributed by atoms with van der Waals surface area (Å²) in [7, 11) is 0. The van der Waals surface area contributed by atoms with E-state index in [2.05, 4.69) is 11.9 Å². The molecule has 0 bridgehead atoms. The summed E-state index contributed by atoms with van der Waals surface area (Å²) >= 11 is 2.58. The Morgan fingerprint density at radius 3 is 2.71 bits per heavy atom. The summed E-state index contributed by atoms with van der Waals surface area (Å²) in [5.74, 6) is -1.45. The number of carboxylic acid groups (broad SMARTS) is 1. The quantitative estimate of drug-likeness (QED) is 0.575. The van der Waals surface area contributed by atoms with E-state index >= 15 is 0 Å². The van der Waals surface area contributed by atoms with Gasteiger partial charge in [-0.05, 0) is 24.2 Å². The second-order valence-corrected chi connectivity index (χ2v) is 6.58. The van der Waals surface area contributed by atoms with Gasteiger partial charge in [0.25, 0.3) is 5.91 Å². The molecule has 0 radical (unpaired) electrons. The van der Waals surface area contributed by atoms with Gasteiger partial charge in [-0.2, -0.15) is 0 Å². The Kier molecular flexibility index (Phi) is 6.00. The van der Waals surface area contributed by atoms with Crippen molar-refractivity contribution in [1.29, 1.82) is 0 Å². The normalized spacial score (nSPS) is 11.2. The number of carbonyl (C=O) groups excluding carboxylic acids is 1. The topological polar surface area (TPSA) is 66.4 Å². The van der Waals surface area contributed by atoms with Crippen LogP contribution in [0.25, 0.3) is 11.1 Å². The van der Waals surface area contributed by atoms with E-state index < -0.39 is 5.97 Å². The van der Waals surface area contributed by atoms with Gasteiger partial charge in [-0.25, -0.2) is 4.79 Å². The minimum Gasteiger partial charge on any atom is -0.478 e. The molecular formula is C18H17NO3S2. The summed E-state index contributed by atoms with van der Waals surface area (Å²) in [6.45, 7) is 5.55. The molecule has 0 unspecified atom stereocenters. The Bertz CT molecular complexity index is 821. The third-order valence-electron chi connectivity index (χ3n) is 3.29. The molecule has 0 atom stereocenters. The number of amides is 1. The number of carboxylic acids is 1. The summed E-state index contributed by atoms with van der Waals surface area (Å²) in [5.41, 5.74) is 2.95. The lowest BCUT2D eigenvalue weighted by Gasteiger charge is -2.07. The highest BCUT2D eigenvalue weighted by molar-refractivity contribution is 8.01. The second kappa shape index (κ2) is 7.99. The van der Waals surface area contributed by atoms with Gasteiger partial charge in [-0.1, -0.05) is 42.5 Å². The number of carbonyl (C=O) groups is 2. The molecule has 1 amide bonds. The predicted octanol–water partition coefficient (Wildman–Crippen LogP) is 4.79. The number of aryl methyl sites for hydroxylation is 1. The van der Waals surface area contributed by atoms with Gasteiger partial charge < -0.3 is 10.4 Å². The Hall–Kier alpha value is -2.31. The molecule has 124 valence electrons. The van der Waals surface area contributed by atoms with Crippen molar-refractivity contribution in [1.82, 2.24) is 0 Å². The number of hydrogen-bond donors (Lipinski definition) is 2. The van der Waals surface area contributed by atoms with E-state index in [4.69, 9.17) is 0 Å². The van der Waals surface area contributed by atoms with Gasteiger partial charge in [-0.3, -0.25) is 4.79 Å². The van der Waals surface area contributed by atoms with Crippen molar-refractivity contribution in [3.8, 4) is 11.1 Å². The molecule has 24 heavy (non-hydrogen) atoms. The van der Waals surface area contributed by atoms with Gasteiger partial charge in [-0.15, -0.1) is 23.1 Å². The van der Waals surface area contributed by atoms with Crippen LogP contribution >= 0.6 is 23.1 Å². The number of benzene rings is 1. The number of thioether (sulfide) groups is 1. The van der Waals surface area contributed by atoms with Crippen molar-refractivity contribution in [2.24, 2.45) is 0 Å². The van der Waals surface area contributed by atoms with Crippen LogP contribution in [0.1, 0.15) is 15.9 Å². The number of thiophene rings is 1. The Labute approximate surface area is 148 Å². The number of rotatable bonds is 6. The van der Waals surface area contributed by atoms with Gasteiger partial charge >= 0.3 is 5.97 Å². The predicted molar refractivity (Wildman–Crippen MR) is 102 cm³/mol. The van der Waals surface area contributed by atoms with E-state index in [1.54, 1.807) is 10.8 Å². The van der Waals surface area contributed by atoms with Crippen LogP contribution in [0, 0.1) is 6.92 Å². The van der Waals surface area contributed by atoms with Gasteiger partial charge in [0.15, 0.2) is 0 Å². The zero-order valence-corrected chi connectivity index (χ0v) is 15.0. The molecule has 0 spiro atoms. The molecule has 0 aliphatic rings. The maximum Gasteiger partial charge on any atom is 0.339 e. The number of aromatic carboxylic acids is 1. The Morgan fingerprint density at radius 1 is 1.38 bits per heavy atom. The average molecular weight is 359 g/mol. The first-order valence-corrected chi connectivity index (χ1v) is 9.23. The summed E-state index contributed by atoms with van der Waals surface area (Å²) in [6, 6.07) is 7.60. The van der Waals surface area contributed by atoms with E-state index in [0.29, 0.717) is 16.1 Å². The Morgan fingerprint density at radius 2 is 2.12 bits per heavy atom. The van der Waals surface area contributed by atoms with Crippen molar-refractivity contribution in [2.75, 3.05) is 11.6 Å². The SMILES string of the molecule is C=C/C(=C\SC)C(=O)Nc1scc(-c2cccc(C)c2)c1C(=O)O. The van der Waals surface area contributed by atoms with Crippen molar-refractivity contribution in [2.45, 2.75) is 6.92 Å². The molecule has 0 aliphatic heterocycles. The zero-order valence-electron chi connectivity index (χ0n) is 13.3. The minimum absolute atomic E-state index is 0.103. The van der Waals surface area contributed by atoms with Crippen LogP contribution in [-0.4, -0.2) is 23.2 Å². The monoisotopic (exact) mass is 359 g/mol. The van der Waals surface area contributed by atoms with E-state index in [1.807, 2.05) is 37.4 Å². The summed E-state index contributed by atoms with van der Waals surface area (Å²) < 4.78 is 0. The first kappa shape index (κ1) is 18.0. The summed E-state index contributed by atoms with van der Waals surface area (Å²) in [6.07, 6.45) is 3.28. The lowest BCUT2D eigenvalue weighted by atomic mass is 10.0. The van der Waals surface area contributed by atoms with Crippen molar-refractivity contribution in [3.05, 3.63) is 64.4 Å². The highest BCUT2D eigenvalue weighted by Crippen LogP contribution is 2.36. The van der Waals surface area contributed by atoms with E-state index in [9.17, 15) is 14.7 Å². The molecule has 1 aromatic carbocycles. The van der Waals surface area contributed by atoms with Crippen LogP contribution in [0.3, 0.4) is 0 Å². The highest BCUT2D eigenvalue weighted by Gasteiger charge is 2.21. The lowest BCUT2D eigenvalue weighted by Crippen LogP contribution is -2.14. The molecule has 6 heteroatoms. The standard InChI is InChI=1S/C18H17NO3S2/c1-4-12(9-23-3)16(20)19-17-15(18(21)22)14(10-24-17)13-7-5-6-11(2)8-13/h4-10H,1H2,2-3H3,(H,19,20)(H,21,22)/b12-9+. The van der Waals surface area contributed by atoms with Crippen molar-refractivity contribution >= 4 is 40.0 Å². The minimum atomic E-state index is -1.07. The molecule has 0 saturated heterocycles. The van der Waals surface area contributed by atoms with Crippen LogP contribution in [0.5, 0.6) is 0 Å². The maximum absolute atomic E-state index is 12.3. The van der Waals surface area contributed by atoms with Gasteiger partial charge in [0.2, 0.25) is 0 Å². The summed E-state index contributed by atoms with van der Waals surface area (Å²) in [4.78, 5) is 24.0. The zero-order chi connectivity index (χ0) is 17.7. The molecule has 0 fully saturated rings. The van der Waals surface area contributed by atoms with Crippen molar-refractivity contribution < 1.29 is 14.7 Å². The number of hydrogen-bond acceptors (Lipinski definition) is 4.